The van der Waals surface area contributed by atoms with Crippen LogP contribution in [0.3, 0.4) is 0 Å². The number of nitrogens with zero attached hydrogens (tertiary/aromatic N) is 6. The molecular weight excluding hydrogens is 458 g/mol. The quantitative estimate of drug-likeness (QED) is 0.291. The smallest absolute Gasteiger partial charge is 0.279 e. The van der Waals surface area contributed by atoms with Crippen molar-refractivity contribution in [3.63, 3.8) is 0 Å². The summed E-state index contributed by atoms with van der Waals surface area (Å²) in [6, 6.07) is 18.9. The van der Waals surface area contributed by atoms with Gasteiger partial charge < -0.3 is 0 Å². The van der Waals surface area contributed by atoms with Crippen LogP contribution in [0.2, 0.25) is 0 Å². The highest BCUT2D eigenvalue weighted by Crippen LogP contribution is 2.27. The number of hydrogen-bond acceptors (Lipinski definition) is 8. The minimum atomic E-state index is -4.20. The molecule has 34 heavy (non-hydrogen) atoms. The molecule has 0 aliphatic rings. The molecule has 0 bridgehead atoms. The van der Waals surface area contributed by atoms with E-state index in [0.717, 1.165) is 11.6 Å². The molecule has 0 saturated heterocycles. The SMILES string of the molecule is O=[N+]([O-])c1ccccc1S(=O)(=O)Nc1cccc(-c2ccc3nnc(-c4cccnc4)n3n2)c1. The fourth-order valence-corrected chi connectivity index (χ4v) is 4.63. The molecule has 0 spiro atoms. The normalized spacial score (nSPS) is 11.4. The molecule has 0 atom stereocenters. The number of fused-ring (bicyclic) bond motifs is 1. The largest absolute Gasteiger partial charge is 0.289 e. The van der Waals surface area contributed by atoms with E-state index in [1.54, 1.807) is 59.4 Å². The fourth-order valence-electron chi connectivity index (χ4n) is 3.41. The van der Waals surface area contributed by atoms with Gasteiger partial charge >= 0.3 is 0 Å². The van der Waals surface area contributed by atoms with Crippen molar-refractivity contribution in [2.75, 3.05) is 4.72 Å². The number of nitrogens with one attached hydrogen (secondary N) is 1. The number of nitro benzene ring substituents is 1. The van der Waals surface area contributed by atoms with E-state index in [-0.39, 0.29) is 5.69 Å². The van der Waals surface area contributed by atoms with Crippen LogP contribution >= 0.6 is 0 Å². The summed E-state index contributed by atoms with van der Waals surface area (Å²) in [5.41, 5.74) is 2.17. The van der Waals surface area contributed by atoms with Crippen molar-refractivity contribution < 1.29 is 13.3 Å². The van der Waals surface area contributed by atoms with E-state index in [9.17, 15) is 18.5 Å². The number of nitro groups is 1. The number of hydrogen-bond donors (Lipinski definition) is 1. The van der Waals surface area contributed by atoms with Crippen LogP contribution in [0.4, 0.5) is 11.4 Å². The van der Waals surface area contributed by atoms with E-state index in [4.69, 9.17) is 0 Å². The Morgan fingerprint density at radius 2 is 1.74 bits per heavy atom. The van der Waals surface area contributed by atoms with Crippen molar-refractivity contribution in [3.05, 3.63) is 95.3 Å². The molecule has 3 heterocycles. The van der Waals surface area contributed by atoms with Crippen molar-refractivity contribution in [1.29, 1.82) is 0 Å². The molecule has 5 rings (SSSR count). The first-order valence-corrected chi connectivity index (χ1v) is 11.4. The van der Waals surface area contributed by atoms with E-state index in [1.165, 1.54) is 18.2 Å². The van der Waals surface area contributed by atoms with Gasteiger partial charge in [0.15, 0.2) is 16.4 Å². The molecular formula is C22H15N7O4S. The van der Waals surface area contributed by atoms with Gasteiger partial charge in [-0.3, -0.25) is 19.8 Å². The van der Waals surface area contributed by atoms with Crippen LogP contribution in [0.25, 0.3) is 28.3 Å². The van der Waals surface area contributed by atoms with E-state index in [2.05, 4.69) is 25.0 Å². The molecule has 0 radical (unpaired) electrons. The lowest BCUT2D eigenvalue weighted by Gasteiger charge is -2.10. The van der Waals surface area contributed by atoms with Crippen LogP contribution < -0.4 is 4.72 Å². The second-order valence-electron chi connectivity index (χ2n) is 7.17. The molecule has 0 aliphatic carbocycles. The van der Waals surface area contributed by atoms with Gasteiger partial charge in [0.2, 0.25) is 0 Å². The predicted octanol–water partition coefficient (Wildman–Crippen LogP) is 3.56. The summed E-state index contributed by atoms with van der Waals surface area (Å²) in [4.78, 5) is 14.2. The van der Waals surface area contributed by atoms with E-state index in [0.29, 0.717) is 22.7 Å². The lowest BCUT2D eigenvalue weighted by Crippen LogP contribution is -2.14. The lowest BCUT2D eigenvalue weighted by molar-refractivity contribution is -0.387. The topological polar surface area (TPSA) is 145 Å². The van der Waals surface area contributed by atoms with Crippen LogP contribution in [-0.4, -0.2) is 38.1 Å². The number of para-hydroxylation sites is 1. The zero-order chi connectivity index (χ0) is 23.7. The highest BCUT2D eigenvalue weighted by Gasteiger charge is 2.25. The van der Waals surface area contributed by atoms with Gasteiger partial charge in [-0.2, -0.15) is 9.61 Å². The maximum Gasteiger partial charge on any atom is 0.289 e. The maximum absolute atomic E-state index is 12.9. The summed E-state index contributed by atoms with van der Waals surface area (Å²) in [5, 5.41) is 24.2. The minimum absolute atomic E-state index is 0.230. The predicted molar refractivity (Wildman–Crippen MR) is 123 cm³/mol. The van der Waals surface area contributed by atoms with Gasteiger partial charge in [0.25, 0.3) is 15.7 Å². The first kappa shape index (κ1) is 21.2. The molecule has 2 aromatic carbocycles. The molecule has 12 heteroatoms. The van der Waals surface area contributed by atoms with Crippen molar-refractivity contribution in [3.8, 4) is 22.6 Å². The first-order valence-electron chi connectivity index (χ1n) is 9.92. The number of anilines is 1. The fraction of sp³-hybridized carbons (Fsp3) is 0. The van der Waals surface area contributed by atoms with Gasteiger partial charge in [-0.25, -0.2) is 8.42 Å². The molecule has 0 aliphatic heterocycles. The standard InChI is InChI=1S/C22H15N7O4S/c30-29(31)19-8-1-2-9-20(19)34(32,33)27-17-7-3-5-15(13-17)18-10-11-21-24-25-22(28(21)26-18)16-6-4-12-23-14-16/h1-14,27H. The van der Waals surface area contributed by atoms with Crippen molar-refractivity contribution >= 4 is 27.0 Å². The third kappa shape index (κ3) is 3.93. The molecule has 168 valence electrons. The van der Waals surface area contributed by atoms with Gasteiger partial charge in [0, 0.05) is 35.3 Å². The minimum Gasteiger partial charge on any atom is -0.279 e. The Kier molecular flexibility index (Phi) is 5.18. The van der Waals surface area contributed by atoms with Crippen LogP contribution in [0.1, 0.15) is 0 Å². The van der Waals surface area contributed by atoms with Crippen LogP contribution in [-0.2, 0) is 10.0 Å². The van der Waals surface area contributed by atoms with Gasteiger partial charge in [-0.05, 0) is 42.5 Å². The van der Waals surface area contributed by atoms with E-state index >= 15 is 0 Å². The summed E-state index contributed by atoms with van der Waals surface area (Å²) >= 11 is 0. The average Bonchev–Trinajstić information content (AvgIpc) is 3.28. The van der Waals surface area contributed by atoms with Crippen LogP contribution in [0.15, 0.2) is 90.1 Å². The van der Waals surface area contributed by atoms with E-state index in [1.807, 2.05) is 6.07 Å². The molecule has 11 nitrogen and oxygen atoms in total. The third-order valence-electron chi connectivity index (χ3n) is 4.94. The van der Waals surface area contributed by atoms with Gasteiger partial charge in [-0.15, -0.1) is 10.2 Å². The Bertz CT molecular complexity index is 1640. The first-order chi connectivity index (χ1) is 16.4. The summed E-state index contributed by atoms with van der Waals surface area (Å²) in [6.45, 7) is 0. The van der Waals surface area contributed by atoms with Gasteiger partial charge in [-0.1, -0.05) is 24.3 Å². The molecule has 0 saturated carbocycles. The summed E-state index contributed by atoms with van der Waals surface area (Å²) in [5.74, 6) is 0.512. The van der Waals surface area contributed by atoms with Gasteiger partial charge in [0.1, 0.15) is 0 Å². The summed E-state index contributed by atoms with van der Waals surface area (Å²) in [7, 11) is -4.20. The molecule has 0 unspecified atom stereocenters. The Morgan fingerprint density at radius 1 is 0.912 bits per heavy atom. The third-order valence-corrected chi connectivity index (χ3v) is 6.37. The lowest BCUT2D eigenvalue weighted by atomic mass is 10.1. The monoisotopic (exact) mass is 473 g/mol. The highest BCUT2D eigenvalue weighted by atomic mass is 32.2. The molecule has 3 aromatic heterocycles. The van der Waals surface area contributed by atoms with Crippen molar-refractivity contribution in [2.24, 2.45) is 0 Å². The number of benzene rings is 2. The molecule has 1 N–H and O–H groups in total. The van der Waals surface area contributed by atoms with Crippen molar-refractivity contribution in [2.45, 2.75) is 4.90 Å². The van der Waals surface area contributed by atoms with Crippen LogP contribution in [0, 0.1) is 10.1 Å². The Balaban J connectivity index is 1.51. The Morgan fingerprint density at radius 3 is 2.53 bits per heavy atom. The molecule has 5 aromatic rings. The second-order valence-corrected chi connectivity index (χ2v) is 8.82. The summed E-state index contributed by atoms with van der Waals surface area (Å²) in [6.07, 6.45) is 3.31. The number of pyridine rings is 1. The molecule has 0 fully saturated rings. The highest BCUT2D eigenvalue weighted by molar-refractivity contribution is 7.92. The molecule has 0 amide bonds. The van der Waals surface area contributed by atoms with Gasteiger partial charge in [0.05, 0.1) is 10.6 Å². The average molecular weight is 473 g/mol. The summed E-state index contributed by atoms with van der Waals surface area (Å²) < 4.78 is 29.7. The zero-order valence-electron chi connectivity index (χ0n) is 17.3. The zero-order valence-corrected chi connectivity index (χ0v) is 18.1. The number of sulfonamides is 1. The second kappa shape index (κ2) is 8.33. The Hall–Kier alpha value is -4.71. The maximum atomic E-state index is 12.9. The van der Waals surface area contributed by atoms with Crippen LogP contribution in [0.5, 0.6) is 0 Å². The number of aromatic nitrogens is 5. The number of rotatable bonds is 6. The Labute approximate surface area is 192 Å². The van der Waals surface area contributed by atoms with Crippen molar-refractivity contribution in [1.82, 2.24) is 24.8 Å². The van der Waals surface area contributed by atoms with E-state index < -0.39 is 25.5 Å².